The van der Waals surface area contributed by atoms with Gasteiger partial charge in [0.25, 0.3) is 0 Å². The van der Waals surface area contributed by atoms with Crippen molar-refractivity contribution in [3.63, 3.8) is 0 Å². The van der Waals surface area contributed by atoms with Crippen LogP contribution in [0.4, 0.5) is 0 Å². The van der Waals surface area contributed by atoms with E-state index in [0.29, 0.717) is 6.10 Å². The van der Waals surface area contributed by atoms with Crippen molar-refractivity contribution in [2.45, 2.75) is 31.9 Å². The first kappa shape index (κ1) is 11.9. The fourth-order valence-corrected chi connectivity index (χ4v) is 1.73. The maximum Gasteiger partial charge on any atom is 0.0700 e. The summed E-state index contributed by atoms with van der Waals surface area (Å²) >= 11 is 0. The molecule has 3 N–H and O–H groups in total. The highest BCUT2D eigenvalue weighted by Gasteiger charge is 2.25. The zero-order chi connectivity index (χ0) is 10.6. The summed E-state index contributed by atoms with van der Waals surface area (Å²) in [7, 11) is 0. The van der Waals surface area contributed by atoms with Crippen LogP contribution >= 0.6 is 0 Å². The summed E-state index contributed by atoms with van der Waals surface area (Å²) in [5.41, 5.74) is 5.41. The van der Waals surface area contributed by atoms with Crippen molar-refractivity contribution < 1.29 is 9.84 Å². The third kappa shape index (κ3) is 3.53. The first-order valence-electron chi connectivity index (χ1n) is 5.31. The second kappa shape index (κ2) is 5.07. The number of nitrogens with two attached hydrogens (primary N) is 1. The van der Waals surface area contributed by atoms with E-state index in [-0.39, 0.29) is 6.61 Å². The molecular formula is C10H22N2O2. The lowest BCUT2D eigenvalue weighted by Gasteiger charge is -2.36. The standard InChI is InChI=1S/C10H22N2O2/c1-3-9-6-12(4-5-14-9)7-10(2,11)8-13/h9,13H,3-8,11H2,1-2H3. The van der Waals surface area contributed by atoms with Crippen molar-refractivity contribution in [1.82, 2.24) is 4.90 Å². The van der Waals surface area contributed by atoms with E-state index in [0.717, 1.165) is 32.7 Å². The van der Waals surface area contributed by atoms with Gasteiger partial charge in [0.15, 0.2) is 0 Å². The number of ether oxygens (including phenoxy) is 1. The molecule has 0 aliphatic carbocycles. The van der Waals surface area contributed by atoms with Crippen LogP contribution < -0.4 is 5.73 Å². The van der Waals surface area contributed by atoms with Crippen LogP contribution in [0.5, 0.6) is 0 Å². The van der Waals surface area contributed by atoms with E-state index in [1.807, 2.05) is 6.92 Å². The first-order chi connectivity index (χ1) is 6.57. The second-order valence-corrected chi connectivity index (χ2v) is 4.45. The van der Waals surface area contributed by atoms with Gasteiger partial charge < -0.3 is 15.6 Å². The molecule has 1 rings (SSSR count). The monoisotopic (exact) mass is 202 g/mol. The summed E-state index contributed by atoms with van der Waals surface area (Å²) in [6.45, 7) is 7.41. The number of aliphatic hydroxyl groups is 1. The molecule has 1 fully saturated rings. The number of rotatable bonds is 4. The van der Waals surface area contributed by atoms with Crippen LogP contribution in [-0.2, 0) is 4.74 Å². The normalized spacial score (nSPS) is 28.7. The van der Waals surface area contributed by atoms with Crippen molar-refractivity contribution in [2.75, 3.05) is 32.8 Å². The zero-order valence-corrected chi connectivity index (χ0v) is 9.20. The molecule has 0 radical (unpaired) electrons. The Balaban J connectivity index is 2.37. The third-order valence-electron chi connectivity index (χ3n) is 2.62. The van der Waals surface area contributed by atoms with Crippen LogP contribution in [0.3, 0.4) is 0 Å². The molecule has 2 atom stereocenters. The number of aliphatic hydroxyl groups excluding tert-OH is 1. The second-order valence-electron chi connectivity index (χ2n) is 4.45. The van der Waals surface area contributed by atoms with Gasteiger partial charge >= 0.3 is 0 Å². The van der Waals surface area contributed by atoms with Gasteiger partial charge in [0.1, 0.15) is 0 Å². The molecule has 0 bridgehead atoms. The summed E-state index contributed by atoms with van der Waals surface area (Å²) in [6.07, 6.45) is 1.37. The van der Waals surface area contributed by atoms with Gasteiger partial charge in [0.2, 0.25) is 0 Å². The number of hydrogen-bond acceptors (Lipinski definition) is 4. The minimum absolute atomic E-state index is 0.0289. The Morgan fingerprint density at radius 3 is 2.93 bits per heavy atom. The van der Waals surface area contributed by atoms with Gasteiger partial charge in [-0.1, -0.05) is 6.92 Å². The lowest BCUT2D eigenvalue weighted by Crippen LogP contribution is -2.54. The lowest BCUT2D eigenvalue weighted by molar-refractivity contribution is -0.0375. The molecule has 1 aliphatic rings. The molecule has 0 aromatic carbocycles. The molecule has 0 aromatic rings. The summed E-state index contributed by atoms with van der Waals surface area (Å²) in [6, 6.07) is 0. The fraction of sp³-hybridized carbons (Fsp3) is 1.00. The van der Waals surface area contributed by atoms with Crippen LogP contribution in [0.2, 0.25) is 0 Å². The van der Waals surface area contributed by atoms with Gasteiger partial charge in [0, 0.05) is 25.2 Å². The number of morpholine rings is 1. The van der Waals surface area contributed by atoms with Crippen molar-refractivity contribution in [3.05, 3.63) is 0 Å². The predicted octanol–water partition coefficient (Wildman–Crippen LogP) is -0.193. The van der Waals surface area contributed by atoms with E-state index in [1.165, 1.54) is 0 Å². The molecule has 14 heavy (non-hydrogen) atoms. The molecule has 0 aromatic heterocycles. The molecular weight excluding hydrogens is 180 g/mol. The third-order valence-corrected chi connectivity index (χ3v) is 2.62. The van der Waals surface area contributed by atoms with Crippen LogP contribution in [0, 0.1) is 0 Å². The van der Waals surface area contributed by atoms with E-state index in [9.17, 15) is 0 Å². The van der Waals surface area contributed by atoms with E-state index < -0.39 is 5.54 Å². The average molecular weight is 202 g/mol. The van der Waals surface area contributed by atoms with Crippen LogP contribution in [0.15, 0.2) is 0 Å². The molecule has 0 saturated carbocycles. The van der Waals surface area contributed by atoms with Crippen molar-refractivity contribution in [3.8, 4) is 0 Å². The van der Waals surface area contributed by atoms with Gasteiger partial charge in [-0.05, 0) is 13.3 Å². The van der Waals surface area contributed by atoms with Crippen LogP contribution in [0.25, 0.3) is 0 Å². The lowest BCUT2D eigenvalue weighted by atomic mass is 10.0. The van der Waals surface area contributed by atoms with Gasteiger partial charge in [-0.15, -0.1) is 0 Å². The fourth-order valence-electron chi connectivity index (χ4n) is 1.73. The molecule has 0 amide bonds. The highest BCUT2D eigenvalue weighted by atomic mass is 16.5. The van der Waals surface area contributed by atoms with Crippen LogP contribution in [-0.4, -0.2) is 54.5 Å². The van der Waals surface area contributed by atoms with Gasteiger partial charge in [0.05, 0.1) is 19.3 Å². The van der Waals surface area contributed by atoms with Gasteiger partial charge in [-0.3, -0.25) is 4.90 Å². The van der Waals surface area contributed by atoms with Gasteiger partial charge in [-0.2, -0.15) is 0 Å². The average Bonchev–Trinajstić information content (AvgIpc) is 2.17. The quantitative estimate of drug-likeness (QED) is 0.663. The number of nitrogens with zero attached hydrogens (tertiary/aromatic N) is 1. The molecule has 0 spiro atoms. The maximum atomic E-state index is 9.06. The maximum absolute atomic E-state index is 9.06. The molecule has 1 heterocycles. The molecule has 2 unspecified atom stereocenters. The molecule has 4 heteroatoms. The summed E-state index contributed by atoms with van der Waals surface area (Å²) < 4.78 is 5.56. The summed E-state index contributed by atoms with van der Waals surface area (Å²) in [5.74, 6) is 0. The highest BCUT2D eigenvalue weighted by molar-refractivity contribution is 4.84. The van der Waals surface area contributed by atoms with Crippen molar-refractivity contribution in [1.29, 1.82) is 0 Å². The first-order valence-corrected chi connectivity index (χ1v) is 5.31. The molecule has 4 nitrogen and oxygen atoms in total. The highest BCUT2D eigenvalue weighted by Crippen LogP contribution is 2.11. The van der Waals surface area contributed by atoms with Crippen molar-refractivity contribution >= 4 is 0 Å². The SMILES string of the molecule is CCC1CN(CC(C)(N)CO)CCO1. The molecule has 84 valence electrons. The number of hydrogen-bond donors (Lipinski definition) is 2. The van der Waals surface area contributed by atoms with E-state index >= 15 is 0 Å². The molecule has 1 saturated heterocycles. The minimum Gasteiger partial charge on any atom is -0.394 e. The predicted molar refractivity (Wildman–Crippen MR) is 56.1 cm³/mol. The Hall–Kier alpha value is -0.160. The van der Waals surface area contributed by atoms with Crippen LogP contribution in [0.1, 0.15) is 20.3 Å². The van der Waals surface area contributed by atoms with E-state index in [2.05, 4.69) is 11.8 Å². The zero-order valence-electron chi connectivity index (χ0n) is 9.20. The smallest absolute Gasteiger partial charge is 0.0700 e. The molecule has 1 aliphatic heterocycles. The van der Waals surface area contributed by atoms with Crippen molar-refractivity contribution in [2.24, 2.45) is 5.73 Å². The van der Waals surface area contributed by atoms with E-state index in [1.54, 1.807) is 0 Å². The Morgan fingerprint density at radius 1 is 1.64 bits per heavy atom. The van der Waals surface area contributed by atoms with E-state index in [4.69, 9.17) is 15.6 Å². The Kier molecular flexibility index (Phi) is 4.31. The largest absolute Gasteiger partial charge is 0.394 e. The van der Waals surface area contributed by atoms with Gasteiger partial charge in [-0.25, -0.2) is 0 Å². The minimum atomic E-state index is -0.490. The summed E-state index contributed by atoms with van der Waals surface area (Å²) in [5, 5.41) is 9.06. The Labute approximate surface area is 86.0 Å². The topological polar surface area (TPSA) is 58.7 Å². The summed E-state index contributed by atoms with van der Waals surface area (Å²) in [4.78, 5) is 2.27. The Bertz CT molecular complexity index is 174. The Morgan fingerprint density at radius 2 is 2.36 bits per heavy atom.